The van der Waals surface area contributed by atoms with Crippen molar-refractivity contribution in [3.8, 4) is 5.75 Å². The van der Waals surface area contributed by atoms with Crippen molar-refractivity contribution in [2.75, 3.05) is 6.61 Å². The van der Waals surface area contributed by atoms with Gasteiger partial charge in [-0.3, -0.25) is 4.79 Å². The molecule has 0 amide bonds. The highest BCUT2D eigenvalue weighted by Gasteiger charge is 1.99. The first-order chi connectivity index (χ1) is 6.76. The Morgan fingerprint density at radius 2 is 2.00 bits per heavy atom. The van der Waals surface area contributed by atoms with Gasteiger partial charge in [0.15, 0.2) is 0 Å². The van der Waals surface area contributed by atoms with E-state index in [0.717, 1.165) is 25.1 Å². The van der Waals surface area contributed by atoms with Crippen molar-refractivity contribution in [2.24, 2.45) is 5.92 Å². The summed E-state index contributed by atoms with van der Waals surface area (Å²) in [7, 11) is 0. The lowest BCUT2D eigenvalue weighted by atomic mass is 10.1. The van der Waals surface area contributed by atoms with Crippen LogP contribution in [0.5, 0.6) is 5.75 Å². The first-order valence-corrected chi connectivity index (χ1v) is 4.94. The van der Waals surface area contributed by atoms with Crippen LogP contribution in [-0.4, -0.2) is 12.9 Å². The van der Waals surface area contributed by atoms with Crippen LogP contribution in [-0.2, 0) is 0 Å². The lowest BCUT2D eigenvalue weighted by Crippen LogP contribution is -2.07. The molecule has 0 fully saturated rings. The minimum absolute atomic E-state index is 0.570. The van der Waals surface area contributed by atoms with Gasteiger partial charge in [-0.2, -0.15) is 0 Å². The summed E-state index contributed by atoms with van der Waals surface area (Å²) in [4.78, 5) is 10.4. The maximum atomic E-state index is 10.4. The highest BCUT2D eigenvalue weighted by atomic mass is 16.5. The minimum Gasteiger partial charge on any atom is -0.493 e. The van der Waals surface area contributed by atoms with Crippen molar-refractivity contribution >= 4 is 6.29 Å². The van der Waals surface area contributed by atoms with Gasteiger partial charge in [0, 0.05) is 5.56 Å². The molecule has 1 rings (SSSR count). The number of carbonyl (C=O) groups is 1. The maximum absolute atomic E-state index is 10.4. The quantitative estimate of drug-likeness (QED) is 0.670. The monoisotopic (exact) mass is 192 g/mol. The van der Waals surface area contributed by atoms with Gasteiger partial charge in [-0.15, -0.1) is 0 Å². The van der Waals surface area contributed by atoms with E-state index >= 15 is 0 Å². The molecule has 0 aliphatic heterocycles. The first kappa shape index (κ1) is 10.8. The number of hydrogen-bond donors (Lipinski definition) is 0. The molecule has 14 heavy (non-hydrogen) atoms. The zero-order chi connectivity index (χ0) is 10.4. The third-order valence-electron chi connectivity index (χ3n) is 2.25. The molecule has 2 heteroatoms. The Morgan fingerprint density at radius 3 is 2.50 bits per heavy atom. The van der Waals surface area contributed by atoms with E-state index in [2.05, 4.69) is 13.8 Å². The summed E-state index contributed by atoms with van der Waals surface area (Å²) in [6, 6.07) is 7.18. The molecular weight excluding hydrogens is 176 g/mol. The van der Waals surface area contributed by atoms with Crippen LogP contribution in [0.15, 0.2) is 24.3 Å². The molecule has 0 N–H and O–H groups in total. The summed E-state index contributed by atoms with van der Waals surface area (Å²) in [5.41, 5.74) is 0.681. The molecule has 1 aromatic rings. The van der Waals surface area contributed by atoms with Gasteiger partial charge in [0.2, 0.25) is 0 Å². The lowest BCUT2D eigenvalue weighted by Gasteiger charge is -2.10. The van der Waals surface area contributed by atoms with E-state index in [1.165, 1.54) is 0 Å². The molecule has 0 saturated carbocycles. The molecule has 1 atom stereocenters. The maximum Gasteiger partial charge on any atom is 0.150 e. The second kappa shape index (κ2) is 5.43. The van der Waals surface area contributed by atoms with Gasteiger partial charge in [0.1, 0.15) is 12.0 Å². The third kappa shape index (κ3) is 3.21. The fraction of sp³-hybridized carbons (Fsp3) is 0.417. The smallest absolute Gasteiger partial charge is 0.150 e. The van der Waals surface area contributed by atoms with E-state index in [-0.39, 0.29) is 0 Å². The van der Waals surface area contributed by atoms with Gasteiger partial charge in [-0.1, -0.05) is 20.3 Å². The minimum atomic E-state index is 0.570. The van der Waals surface area contributed by atoms with Gasteiger partial charge in [0.05, 0.1) is 6.61 Å². The summed E-state index contributed by atoms with van der Waals surface area (Å²) < 4.78 is 5.54. The van der Waals surface area contributed by atoms with E-state index in [1.807, 2.05) is 12.1 Å². The van der Waals surface area contributed by atoms with E-state index in [0.29, 0.717) is 11.5 Å². The van der Waals surface area contributed by atoms with Crippen molar-refractivity contribution in [1.29, 1.82) is 0 Å². The van der Waals surface area contributed by atoms with Crippen LogP contribution < -0.4 is 4.74 Å². The van der Waals surface area contributed by atoms with E-state index in [9.17, 15) is 4.79 Å². The zero-order valence-electron chi connectivity index (χ0n) is 8.69. The topological polar surface area (TPSA) is 26.3 Å². The van der Waals surface area contributed by atoms with E-state index < -0.39 is 0 Å². The number of carbonyl (C=O) groups excluding carboxylic acids is 1. The van der Waals surface area contributed by atoms with Crippen LogP contribution in [0.2, 0.25) is 0 Å². The van der Waals surface area contributed by atoms with Gasteiger partial charge in [-0.05, 0) is 30.2 Å². The average molecular weight is 192 g/mol. The van der Waals surface area contributed by atoms with Crippen LogP contribution in [0.4, 0.5) is 0 Å². The van der Waals surface area contributed by atoms with Crippen molar-refractivity contribution < 1.29 is 9.53 Å². The third-order valence-corrected chi connectivity index (χ3v) is 2.25. The Labute approximate surface area is 84.9 Å². The molecule has 0 saturated heterocycles. The number of benzene rings is 1. The Bertz CT molecular complexity index is 277. The Morgan fingerprint density at radius 1 is 1.36 bits per heavy atom. The molecule has 1 aromatic carbocycles. The summed E-state index contributed by atoms with van der Waals surface area (Å²) in [6.45, 7) is 5.03. The Hall–Kier alpha value is -1.31. The number of aldehydes is 1. The van der Waals surface area contributed by atoms with Gasteiger partial charge in [-0.25, -0.2) is 0 Å². The summed E-state index contributed by atoms with van der Waals surface area (Å²) >= 11 is 0. The van der Waals surface area contributed by atoms with Crippen molar-refractivity contribution in [3.05, 3.63) is 29.8 Å². The van der Waals surface area contributed by atoms with Crippen LogP contribution in [0, 0.1) is 5.92 Å². The van der Waals surface area contributed by atoms with Crippen molar-refractivity contribution in [1.82, 2.24) is 0 Å². The molecule has 1 unspecified atom stereocenters. The molecule has 2 nitrogen and oxygen atoms in total. The molecule has 0 bridgehead atoms. The molecule has 0 heterocycles. The van der Waals surface area contributed by atoms with Gasteiger partial charge in [0.25, 0.3) is 0 Å². The number of rotatable bonds is 5. The van der Waals surface area contributed by atoms with Gasteiger partial charge >= 0.3 is 0 Å². The van der Waals surface area contributed by atoms with Crippen LogP contribution in [0.3, 0.4) is 0 Å². The zero-order valence-corrected chi connectivity index (χ0v) is 8.69. The SMILES string of the molecule is CCC(C)COc1ccc(C=O)cc1. The van der Waals surface area contributed by atoms with Crippen LogP contribution in [0.1, 0.15) is 30.6 Å². The van der Waals surface area contributed by atoms with Crippen molar-refractivity contribution in [3.63, 3.8) is 0 Å². The molecule has 0 aliphatic carbocycles. The molecule has 0 aromatic heterocycles. The normalized spacial score (nSPS) is 12.1. The predicted octanol–water partition coefficient (Wildman–Crippen LogP) is 2.92. The first-order valence-electron chi connectivity index (χ1n) is 4.94. The molecule has 0 spiro atoms. The highest BCUT2D eigenvalue weighted by molar-refractivity contribution is 5.74. The fourth-order valence-electron chi connectivity index (χ4n) is 0.999. The molecule has 76 valence electrons. The summed E-state index contributed by atoms with van der Waals surface area (Å²) in [5.74, 6) is 1.40. The summed E-state index contributed by atoms with van der Waals surface area (Å²) in [6.07, 6.45) is 1.95. The second-order valence-electron chi connectivity index (χ2n) is 3.51. The Balaban J connectivity index is 2.47. The predicted molar refractivity (Wildman–Crippen MR) is 56.8 cm³/mol. The molecule has 0 radical (unpaired) electrons. The van der Waals surface area contributed by atoms with Gasteiger partial charge < -0.3 is 4.74 Å². The second-order valence-corrected chi connectivity index (χ2v) is 3.51. The summed E-state index contributed by atoms with van der Waals surface area (Å²) in [5, 5.41) is 0. The van der Waals surface area contributed by atoms with Crippen molar-refractivity contribution in [2.45, 2.75) is 20.3 Å². The van der Waals surface area contributed by atoms with Crippen LogP contribution >= 0.6 is 0 Å². The largest absolute Gasteiger partial charge is 0.493 e. The number of ether oxygens (including phenoxy) is 1. The Kier molecular flexibility index (Phi) is 4.17. The van der Waals surface area contributed by atoms with E-state index in [1.54, 1.807) is 12.1 Å². The van der Waals surface area contributed by atoms with E-state index in [4.69, 9.17) is 4.74 Å². The lowest BCUT2D eigenvalue weighted by molar-refractivity contribution is 0.112. The number of hydrogen-bond acceptors (Lipinski definition) is 2. The fourth-order valence-corrected chi connectivity index (χ4v) is 0.999. The standard InChI is InChI=1S/C12H16O2/c1-3-10(2)9-14-12-6-4-11(8-13)5-7-12/h4-8,10H,3,9H2,1-2H3. The molecule has 0 aliphatic rings. The van der Waals surface area contributed by atoms with Crippen LogP contribution in [0.25, 0.3) is 0 Å². The highest BCUT2D eigenvalue weighted by Crippen LogP contribution is 2.12. The molecular formula is C12H16O2. The average Bonchev–Trinajstić information content (AvgIpc) is 2.26.